The number of nitrogens with zero attached hydrogens (tertiary/aromatic N) is 6. The summed E-state index contributed by atoms with van der Waals surface area (Å²) in [6.45, 7) is 3.23. The van der Waals surface area contributed by atoms with Crippen LogP contribution >= 0.6 is 11.6 Å². The Bertz CT molecular complexity index is 1280. The zero-order valence-electron chi connectivity index (χ0n) is 19.7. The lowest BCUT2D eigenvalue weighted by molar-refractivity contribution is -0.224. The quantitative estimate of drug-likeness (QED) is 0.414. The molecular formula is C24H24ClF5N6. The van der Waals surface area contributed by atoms with Gasteiger partial charge in [0.1, 0.15) is 17.2 Å². The van der Waals surface area contributed by atoms with Gasteiger partial charge in [-0.3, -0.25) is 9.47 Å². The Balaban J connectivity index is 1.47. The Morgan fingerprint density at radius 1 is 1.00 bits per heavy atom. The predicted molar refractivity (Wildman–Crippen MR) is 124 cm³/mol. The lowest BCUT2D eigenvalue weighted by Crippen LogP contribution is -2.53. The number of hydrogen-bond donors (Lipinski definition) is 0. The van der Waals surface area contributed by atoms with E-state index in [9.17, 15) is 22.0 Å². The van der Waals surface area contributed by atoms with E-state index in [1.165, 1.54) is 4.90 Å². The van der Waals surface area contributed by atoms with Gasteiger partial charge in [-0.2, -0.15) is 13.2 Å². The summed E-state index contributed by atoms with van der Waals surface area (Å²) in [7, 11) is 0. The van der Waals surface area contributed by atoms with E-state index in [1.54, 1.807) is 23.1 Å². The molecule has 2 aliphatic rings. The van der Waals surface area contributed by atoms with Gasteiger partial charge in [0.05, 0.1) is 18.4 Å². The summed E-state index contributed by atoms with van der Waals surface area (Å²) in [5, 5.41) is 9.14. The summed E-state index contributed by atoms with van der Waals surface area (Å²) in [5.74, 6) is -0.358. The molecule has 0 bridgehead atoms. The number of piperidine rings is 1. The average molecular weight is 527 g/mol. The van der Waals surface area contributed by atoms with E-state index in [0.717, 1.165) is 26.1 Å². The van der Waals surface area contributed by atoms with Crippen LogP contribution in [-0.4, -0.2) is 49.5 Å². The maximum Gasteiger partial charge on any atom is 0.406 e. The molecule has 4 heterocycles. The van der Waals surface area contributed by atoms with Crippen molar-refractivity contribution in [1.82, 2.24) is 24.6 Å². The fourth-order valence-electron chi connectivity index (χ4n) is 4.85. The number of pyridine rings is 1. The molecule has 0 radical (unpaired) electrons. The highest BCUT2D eigenvalue weighted by Crippen LogP contribution is 2.40. The summed E-state index contributed by atoms with van der Waals surface area (Å²) >= 11 is 6.22. The zero-order valence-corrected chi connectivity index (χ0v) is 20.4. The third-order valence-corrected chi connectivity index (χ3v) is 7.40. The van der Waals surface area contributed by atoms with Gasteiger partial charge in [0.25, 0.3) is 0 Å². The molecule has 36 heavy (non-hydrogen) atoms. The summed E-state index contributed by atoms with van der Waals surface area (Å²) in [4.78, 5) is 6.99. The second-order valence-electron chi connectivity index (χ2n) is 9.72. The molecular weight excluding hydrogens is 503 g/mol. The second kappa shape index (κ2) is 8.95. The Hall–Kier alpha value is -2.79. The Morgan fingerprint density at radius 2 is 1.72 bits per heavy atom. The van der Waals surface area contributed by atoms with Crippen molar-refractivity contribution < 1.29 is 22.0 Å². The highest BCUT2D eigenvalue weighted by atomic mass is 35.5. The normalized spacial score (nSPS) is 17.6. The van der Waals surface area contributed by atoms with E-state index in [4.69, 9.17) is 11.6 Å². The van der Waals surface area contributed by atoms with Crippen molar-refractivity contribution in [2.75, 3.05) is 18.0 Å². The lowest BCUT2D eigenvalue weighted by atomic mass is 9.95. The first-order valence-electron chi connectivity index (χ1n) is 11.6. The largest absolute Gasteiger partial charge is 0.406 e. The molecule has 0 saturated carbocycles. The van der Waals surface area contributed by atoms with E-state index in [2.05, 4.69) is 15.2 Å². The van der Waals surface area contributed by atoms with Gasteiger partial charge >= 0.3 is 6.18 Å². The van der Waals surface area contributed by atoms with Gasteiger partial charge in [-0.25, -0.2) is 13.8 Å². The SMILES string of the molecule is CC(C)(N1Cc2cc(Cl)ccc2-n2c(nnc2C2CCN(c3ncc(F)cc3F)CC2)C1)C(F)(F)F. The highest BCUT2D eigenvalue weighted by molar-refractivity contribution is 6.30. The van der Waals surface area contributed by atoms with Crippen molar-refractivity contribution >= 4 is 17.4 Å². The molecule has 2 aliphatic heterocycles. The van der Waals surface area contributed by atoms with Crippen LogP contribution in [0.25, 0.3) is 5.69 Å². The first-order valence-corrected chi connectivity index (χ1v) is 11.9. The Kier molecular flexibility index (Phi) is 6.19. The number of benzene rings is 1. The number of alkyl halides is 3. The molecule has 0 spiro atoms. The first kappa shape index (κ1) is 24.9. The van der Waals surface area contributed by atoms with Gasteiger partial charge in [-0.05, 0) is 50.5 Å². The highest BCUT2D eigenvalue weighted by Gasteiger charge is 2.52. The molecule has 5 rings (SSSR count). The topological polar surface area (TPSA) is 50.1 Å². The fourth-order valence-corrected chi connectivity index (χ4v) is 5.05. The number of halogens is 6. The van der Waals surface area contributed by atoms with E-state index in [1.807, 2.05) is 4.57 Å². The minimum Gasteiger partial charge on any atom is -0.354 e. The molecule has 0 amide bonds. The number of fused-ring (bicyclic) bond motifs is 3. The molecule has 192 valence electrons. The molecule has 0 aliphatic carbocycles. The smallest absolute Gasteiger partial charge is 0.354 e. The maximum atomic E-state index is 14.2. The average Bonchev–Trinajstić information content (AvgIpc) is 3.14. The maximum absolute atomic E-state index is 14.2. The Morgan fingerprint density at radius 3 is 2.39 bits per heavy atom. The monoisotopic (exact) mass is 526 g/mol. The number of hydrogen-bond acceptors (Lipinski definition) is 5. The van der Waals surface area contributed by atoms with Crippen molar-refractivity contribution in [3.63, 3.8) is 0 Å². The molecule has 6 nitrogen and oxygen atoms in total. The summed E-state index contributed by atoms with van der Waals surface area (Å²) < 4.78 is 71.1. The van der Waals surface area contributed by atoms with Crippen LogP contribution in [0, 0.1) is 11.6 Å². The molecule has 0 unspecified atom stereocenters. The third kappa shape index (κ3) is 4.32. The van der Waals surface area contributed by atoms with Crippen LogP contribution in [0.3, 0.4) is 0 Å². The van der Waals surface area contributed by atoms with Crippen LogP contribution in [0.15, 0.2) is 30.5 Å². The number of rotatable bonds is 3. The molecule has 1 saturated heterocycles. The predicted octanol–water partition coefficient (Wildman–Crippen LogP) is 5.63. The van der Waals surface area contributed by atoms with E-state index in [-0.39, 0.29) is 24.8 Å². The van der Waals surface area contributed by atoms with Crippen LogP contribution in [0.1, 0.15) is 49.8 Å². The van der Waals surface area contributed by atoms with Gasteiger partial charge in [0.2, 0.25) is 0 Å². The van der Waals surface area contributed by atoms with Gasteiger partial charge in [0, 0.05) is 36.6 Å². The molecule has 0 atom stereocenters. The number of anilines is 1. The standard InChI is InChI=1S/C24H24ClF5N6/c1-23(2,24(28,29)30)35-12-15-9-16(25)3-4-19(15)36-20(13-35)32-33-21(36)14-5-7-34(8-6-14)22-18(27)10-17(26)11-31-22/h3-4,9-11,14H,5-8,12-13H2,1-2H3. The molecule has 3 aromatic rings. The third-order valence-electron chi connectivity index (χ3n) is 7.16. The van der Waals surface area contributed by atoms with Crippen molar-refractivity contribution in [2.45, 2.75) is 57.4 Å². The van der Waals surface area contributed by atoms with Crippen molar-refractivity contribution in [3.8, 4) is 5.69 Å². The van der Waals surface area contributed by atoms with Crippen molar-refractivity contribution in [3.05, 3.63) is 64.3 Å². The minimum absolute atomic E-state index is 0.0408. The van der Waals surface area contributed by atoms with Crippen molar-refractivity contribution in [2.24, 2.45) is 0 Å². The second-order valence-corrected chi connectivity index (χ2v) is 10.2. The van der Waals surface area contributed by atoms with Crippen LogP contribution < -0.4 is 4.90 Å². The molecule has 2 aromatic heterocycles. The van der Waals surface area contributed by atoms with E-state index >= 15 is 0 Å². The summed E-state index contributed by atoms with van der Waals surface area (Å²) in [6, 6.07) is 5.97. The van der Waals surface area contributed by atoms with Crippen LogP contribution in [-0.2, 0) is 13.1 Å². The zero-order chi connectivity index (χ0) is 25.8. The molecule has 12 heteroatoms. The summed E-state index contributed by atoms with van der Waals surface area (Å²) in [6.07, 6.45) is -2.28. The van der Waals surface area contributed by atoms with Gasteiger partial charge in [-0.15, -0.1) is 10.2 Å². The van der Waals surface area contributed by atoms with Crippen LogP contribution in [0.2, 0.25) is 5.02 Å². The summed E-state index contributed by atoms with van der Waals surface area (Å²) in [5.41, 5.74) is -0.760. The van der Waals surface area contributed by atoms with Crippen LogP contribution in [0.5, 0.6) is 0 Å². The molecule has 1 fully saturated rings. The van der Waals surface area contributed by atoms with Crippen molar-refractivity contribution in [1.29, 1.82) is 0 Å². The van der Waals surface area contributed by atoms with E-state index in [0.29, 0.717) is 53.9 Å². The fraction of sp³-hybridized carbons (Fsp3) is 0.458. The van der Waals surface area contributed by atoms with E-state index < -0.39 is 23.3 Å². The van der Waals surface area contributed by atoms with Gasteiger partial charge in [0.15, 0.2) is 17.5 Å². The van der Waals surface area contributed by atoms with Crippen LogP contribution in [0.4, 0.5) is 27.8 Å². The first-order chi connectivity index (χ1) is 17.0. The van der Waals surface area contributed by atoms with Gasteiger partial charge in [-0.1, -0.05) is 11.6 Å². The number of aromatic nitrogens is 4. The lowest BCUT2D eigenvalue weighted by Gasteiger charge is -2.38. The van der Waals surface area contributed by atoms with Gasteiger partial charge < -0.3 is 4.90 Å². The molecule has 0 N–H and O–H groups in total. The molecule has 1 aromatic carbocycles. The minimum atomic E-state index is -4.46. The Labute approximate surface area is 209 Å².